The van der Waals surface area contributed by atoms with Crippen LogP contribution in [0, 0.1) is 5.41 Å². The van der Waals surface area contributed by atoms with Crippen LogP contribution in [0.4, 0.5) is 18.0 Å². The van der Waals surface area contributed by atoms with Crippen molar-refractivity contribution >= 4 is 6.09 Å². The van der Waals surface area contributed by atoms with Gasteiger partial charge in [-0.05, 0) is 6.07 Å². The van der Waals surface area contributed by atoms with E-state index in [1.165, 1.54) is 18.2 Å². The van der Waals surface area contributed by atoms with Crippen LogP contribution in [0.2, 0.25) is 0 Å². The lowest BCUT2D eigenvalue weighted by Gasteiger charge is -2.44. The summed E-state index contributed by atoms with van der Waals surface area (Å²) in [4.78, 5) is 11.3. The Hall–Kier alpha value is -1.76. The third-order valence-corrected chi connectivity index (χ3v) is 3.62. The molecule has 7 heteroatoms. The summed E-state index contributed by atoms with van der Waals surface area (Å²) in [5.41, 5.74) is 1.32. The second kappa shape index (κ2) is 6.16. The number of aliphatic hydroxyl groups is 1. The summed E-state index contributed by atoms with van der Waals surface area (Å²) in [6.45, 7) is 4.41. The van der Waals surface area contributed by atoms with Gasteiger partial charge in [0.2, 0.25) is 0 Å². The average molecular weight is 319 g/mol. The highest BCUT2D eigenvalue weighted by molar-refractivity contribution is 5.66. The molecule has 124 valence electrons. The Labute approximate surface area is 127 Å². The summed E-state index contributed by atoms with van der Waals surface area (Å²) in [5, 5.41) is 9.32. The number of nitrogens with two attached hydrogens (primary N) is 1. The number of amides is 1. The number of rotatable bonds is 4. The molecule has 4 nitrogen and oxygen atoms in total. The molecule has 0 spiro atoms. The minimum atomic E-state index is -4.62. The second-order valence-electron chi connectivity index (χ2n) is 6.02. The SMILES string of the molecule is CC(C)(C)[C@](CCO)(OC(N)=O)c1ccccc1C(F)(F)F. The summed E-state index contributed by atoms with van der Waals surface area (Å²) < 4.78 is 45.1. The van der Waals surface area contributed by atoms with E-state index in [0.717, 1.165) is 6.07 Å². The molecule has 1 aromatic rings. The predicted octanol–water partition coefficient (Wildman–Crippen LogP) is 3.42. The molecule has 0 aliphatic carbocycles. The van der Waals surface area contributed by atoms with Crippen LogP contribution in [-0.4, -0.2) is 17.8 Å². The van der Waals surface area contributed by atoms with E-state index in [4.69, 9.17) is 10.5 Å². The molecule has 0 aliphatic heterocycles. The maximum Gasteiger partial charge on any atom is 0.416 e. The number of alkyl halides is 3. The lowest BCUT2D eigenvalue weighted by Crippen LogP contribution is -2.47. The van der Waals surface area contributed by atoms with Crippen LogP contribution in [0.5, 0.6) is 0 Å². The molecular formula is C15H20F3NO3. The molecule has 1 amide bonds. The molecule has 3 N–H and O–H groups in total. The Kier molecular flexibility index (Phi) is 5.12. The van der Waals surface area contributed by atoms with Crippen molar-refractivity contribution in [1.82, 2.24) is 0 Å². The highest BCUT2D eigenvalue weighted by Crippen LogP contribution is 2.49. The molecule has 0 heterocycles. The fraction of sp³-hybridized carbons (Fsp3) is 0.533. The Bertz CT molecular complexity index is 538. The maximum absolute atomic E-state index is 13.3. The molecule has 1 aromatic carbocycles. The van der Waals surface area contributed by atoms with Crippen LogP contribution < -0.4 is 5.73 Å². The Morgan fingerprint density at radius 1 is 1.18 bits per heavy atom. The highest BCUT2D eigenvalue weighted by Gasteiger charge is 2.50. The van der Waals surface area contributed by atoms with E-state index in [2.05, 4.69) is 0 Å². The number of benzene rings is 1. The number of ether oxygens (including phenoxy) is 1. The van der Waals surface area contributed by atoms with Crippen LogP contribution in [-0.2, 0) is 16.5 Å². The van der Waals surface area contributed by atoms with E-state index in [1.807, 2.05) is 0 Å². The Morgan fingerprint density at radius 2 is 1.68 bits per heavy atom. The van der Waals surface area contributed by atoms with E-state index >= 15 is 0 Å². The lowest BCUT2D eigenvalue weighted by atomic mass is 9.69. The van der Waals surface area contributed by atoms with Gasteiger partial charge < -0.3 is 15.6 Å². The van der Waals surface area contributed by atoms with Crippen molar-refractivity contribution < 1.29 is 27.8 Å². The molecule has 0 unspecified atom stereocenters. The van der Waals surface area contributed by atoms with Gasteiger partial charge in [0.1, 0.15) is 5.60 Å². The van der Waals surface area contributed by atoms with E-state index in [9.17, 15) is 23.1 Å². The lowest BCUT2D eigenvalue weighted by molar-refractivity contribution is -0.145. The summed E-state index contributed by atoms with van der Waals surface area (Å²) in [5.74, 6) is 0. The van der Waals surface area contributed by atoms with Crippen LogP contribution >= 0.6 is 0 Å². The van der Waals surface area contributed by atoms with Crippen molar-refractivity contribution in [2.24, 2.45) is 11.1 Å². The first-order valence-corrected chi connectivity index (χ1v) is 6.72. The molecule has 1 rings (SSSR count). The second-order valence-corrected chi connectivity index (χ2v) is 6.02. The number of carbonyl (C=O) groups is 1. The molecule has 0 aromatic heterocycles. The van der Waals surface area contributed by atoms with Gasteiger partial charge in [-0.2, -0.15) is 13.2 Å². The van der Waals surface area contributed by atoms with Gasteiger partial charge >= 0.3 is 12.3 Å². The Balaban J connectivity index is 3.68. The molecule has 0 fully saturated rings. The van der Waals surface area contributed by atoms with Crippen molar-refractivity contribution in [3.05, 3.63) is 35.4 Å². The van der Waals surface area contributed by atoms with Gasteiger partial charge in [-0.3, -0.25) is 0 Å². The number of hydrogen-bond donors (Lipinski definition) is 2. The summed E-state index contributed by atoms with van der Waals surface area (Å²) in [7, 11) is 0. The van der Waals surface area contributed by atoms with Crippen molar-refractivity contribution in [3.63, 3.8) is 0 Å². The minimum absolute atomic E-state index is 0.202. The first kappa shape index (κ1) is 18.3. The third kappa shape index (κ3) is 3.52. The van der Waals surface area contributed by atoms with E-state index in [0.29, 0.717) is 0 Å². The average Bonchev–Trinajstić information content (AvgIpc) is 2.35. The van der Waals surface area contributed by atoms with Gasteiger partial charge in [0.05, 0.1) is 5.56 Å². The third-order valence-electron chi connectivity index (χ3n) is 3.62. The van der Waals surface area contributed by atoms with Crippen molar-refractivity contribution in [3.8, 4) is 0 Å². The predicted molar refractivity (Wildman–Crippen MR) is 74.9 cm³/mol. The summed E-state index contributed by atoms with van der Waals surface area (Å²) >= 11 is 0. The standard InChI is InChI=1S/C15H20F3NO3/c1-13(2,3)14(8-9-20,22-12(19)21)10-6-4-5-7-11(10)15(16,17)18/h4-7,20H,8-9H2,1-3H3,(H2,19,21)/t14-/m1/s1. The number of aliphatic hydroxyl groups excluding tert-OH is 1. The first-order valence-electron chi connectivity index (χ1n) is 6.72. The minimum Gasteiger partial charge on any atom is -0.438 e. The first-order chi connectivity index (χ1) is 9.95. The quantitative estimate of drug-likeness (QED) is 0.893. The zero-order valence-corrected chi connectivity index (χ0v) is 12.7. The molecule has 0 radical (unpaired) electrons. The normalized spacial score (nSPS) is 15.2. The number of primary amides is 1. The van der Waals surface area contributed by atoms with Gasteiger partial charge in [0.25, 0.3) is 0 Å². The van der Waals surface area contributed by atoms with E-state index < -0.39 is 35.5 Å². The fourth-order valence-corrected chi connectivity index (χ4v) is 2.58. The molecule has 22 heavy (non-hydrogen) atoms. The Morgan fingerprint density at radius 3 is 2.05 bits per heavy atom. The smallest absolute Gasteiger partial charge is 0.416 e. The highest BCUT2D eigenvalue weighted by atomic mass is 19.4. The monoisotopic (exact) mass is 319 g/mol. The number of carbonyl (C=O) groups excluding carboxylic acids is 1. The largest absolute Gasteiger partial charge is 0.438 e. The van der Waals surface area contributed by atoms with Crippen molar-refractivity contribution in [1.29, 1.82) is 0 Å². The van der Waals surface area contributed by atoms with Gasteiger partial charge in [0.15, 0.2) is 0 Å². The molecule has 0 saturated heterocycles. The summed E-state index contributed by atoms with van der Waals surface area (Å²) in [6.07, 6.45) is -6.02. The zero-order chi connectivity index (χ0) is 17.2. The van der Waals surface area contributed by atoms with Gasteiger partial charge in [-0.15, -0.1) is 0 Å². The van der Waals surface area contributed by atoms with Gasteiger partial charge in [-0.25, -0.2) is 4.79 Å². The van der Waals surface area contributed by atoms with Gasteiger partial charge in [0, 0.05) is 24.0 Å². The molecular weight excluding hydrogens is 299 g/mol. The number of hydrogen-bond acceptors (Lipinski definition) is 3. The molecule has 1 atom stereocenters. The van der Waals surface area contributed by atoms with E-state index in [1.54, 1.807) is 20.8 Å². The van der Waals surface area contributed by atoms with Crippen LogP contribution in [0.25, 0.3) is 0 Å². The van der Waals surface area contributed by atoms with Crippen molar-refractivity contribution in [2.75, 3.05) is 6.61 Å². The van der Waals surface area contributed by atoms with E-state index in [-0.39, 0.29) is 12.0 Å². The topological polar surface area (TPSA) is 72.6 Å². The summed E-state index contributed by atoms with van der Waals surface area (Å²) in [6, 6.07) is 4.83. The van der Waals surface area contributed by atoms with Crippen LogP contribution in [0.3, 0.4) is 0 Å². The van der Waals surface area contributed by atoms with Crippen molar-refractivity contribution in [2.45, 2.75) is 39.0 Å². The van der Waals surface area contributed by atoms with Crippen LogP contribution in [0.15, 0.2) is 24.3 Å². The maximum atomic E-state index is 13.3. The number of halogens is 3. The zero-order valence-electron chi connectivity index (χ0n) is 12.7. The molecule has 0 bridgehead atoms. The fourth-order valence-electron chi connectivity index (χ4n) is 2.58. The van der Waals surface area contributed by atoms with Gasteiger partial charge in [-0.1, -0.05) is 39.0 Å². The van der Waals surface area contributed by atoms with Crippen LogP contribution in [0.1, 0.15) is 38.3 Å². The molecule has 0 saturated carbocycles. The molecule has 0 aliphatic rings.